The predicted octanol–water partition coefficient (Wildman–Crippen LogP) is 1.92. The first-order chi connectivity index (χ1) is 13.4. The molecule has 1 heterocycles. The second-order valence-electron chi connectivity index (χ2n) is 6.15. The van der Waals surface area contributed by atoms with Crippen molar-refractivity contribution in [1.82, 2.24) is 4.90 Å². The van der Waals surface area contributed by atoms with Gasteiger partial charge in [0, 0.05) is 17.8 Å². The van der Waals surface area contributed by atoms with Crippen molar-refractivity contribution in [3.63, 3.8) is 0 Å². The second-order valence-corrected chi connectivity index (χ2v) is 6.15. The number of hydrogen-bond acceptors (Lipinski definition) is 5. The number of nitrogens with zero attached hydrogens (tertiary/aromatic N) is 1. The van der Waals surface area contributed by atoms with Crippen molar-refractivity contribution in [2.75, 3.05) is 18.5 Å². The van der Waals surface area contributed by atoms with Gasteiger partial charge in [-0.15, -0.1) is 0 Å². The fourth-order valence-electron chi connectivity index (χ4n) is 2.78. The van der Waals surface area contributed by atoms with Crippen molar-refractivity contribution >= 4 is 29.4 Å². The maximum atomic E-state index is 12.8. The Morgan fingerprint density at radius 2 is 1.79 bits per heavy atom. The number of anilines is 1. The minimum Gasteiger partial charge on any atom is -0.456 e. The van der Waals surface area contributed by atoms with Gasteiger partial charge < -0.3 is 10.1 Å². The van der Waals surface area contributed by atoms with Gasteiger partial charge in [-0.2, -0.15) is 0 Å². The molecule has 0 unspecified atom stereocenters. The van der Waals surface area contributed by atoms with Crippen LogP contribution in [0.1, 0.15) is 22.3 Å². The number of esters is 1. The number of halogens is 1. The number of amides is 3. The topological polar surface area (TPSA) is 92.8 Å². The van der Waals surface area contributed by atoms with E-state index in [0.29, 0.717) is 16.8 Å². The summed E-state index contributed by atoms with van der Waals surface area (Å²) in [7, 11) is 0. The molecule has 144 valence electrons. The lowest BCUT2D eigenvalue weighted by atomic mass is 9.98. The molecule has 7 nitrogen and oxygen atoms in total. The molecule has 0 aliphatic carbocycles. The first-order valence-corrected chi connectivity index (χ1v) is 8.57. The number of imide groups is 1. The summed E-state index contributed by atoms with van der Waals surface area (Å²) in [5.41, 5.74) is 1.47. The molecule has 1 aliphatic rings. The van der Waals surface area contributed by atoms with Crippen molar-refractivity contribution in [2.24, 2.45) is 0 Å². The van der Waals surface area contributed by atoms with Crippen LogP contribution in [-0.4, -0.2) is 41.7 Å². The van der Waals surface area contributed by atoms with Crippen LogP contribution in [0.25, 0.3) is 0 Å². The number of carbonyl (C=O) groups excluding carboxylic acids is 4. The van der Waals surface area contributed by atoms with Gasteiger partial charge in [-0.05, 0) is 35.9 Å². The molecule has 0 fully saturated rings. The maximum absolute atomic E-state index is 12.8. The Morgan fingerprint density at radius 3 is 2.54 bits per heavy atom. The minimum atomic E-state index is -0.714. The van der Waals surface area contributed by atoms with Gasteiger partial charge in [-0.3, -0.25) is 24.1 Å². The number of fused-ring (bicyclic) bond motifs is 1. The van der Waals surface area contributed by atoms with Crippen LogP contribution >= 0.6 is 0 Å². The van der Waals surface area contributed by atoms with E-state index in [1.54, 1.807) is 24.3 Å². The third-order valence-electron chi connectivity index (χ3n) is 4.17. The molecule has 0 saturated carbocycles. The SMILES string of the molecule is O=C(COC(=O)CCN1C(=O)Cc2ccccc2C1=O)Nc1ccc(F)cc1. The van der Waals surface area contributed by atoms with Crippen molar-refractivity contribution in [1.29, 1.82) is 0 Å². The molecule has 0 atom stereocenters. The van der Waals surface area contributed by atoms with Crippen molar-refractivity contribution in [2.45, 2.75) is 12.8 Å². The lowest BCUT2D eigenvalue weighted by Crippen LogP contribution is -2.43. The van der Waals surface area contributed by atoms with Crippen LogP contribution in [0.2, 0.25) is 0 Å². The Hall–Kier alpha value is -3.55. The van der Waals surface area contributed by atoms with Gasteiger partial charge in [-0.1, -0.05) is 18.2 Å². The first-order valence-electron chi connectivity index (χ1n) is 8.57. The normalized spacial score (nSPS) is 13.1. The summed E-state index contributed by atoms with van der Waals surface area (Å²) in [6.07, 6.45) is -0.124. The number of carbonyl (C=O) groups is 4. The molecule has 2 aromatic rings. The number of ether oxygens (including phenoxy) is 1. The summed E-state index contributed by atoms with van der Waals surface area (Å²) in [4.78, 5) is 49.1. The molecule has 0 radical (unpaired) electrons. The van der Waals surface area contributed by atoms with Gasteiger partial charge in [-0.25, -0.2) is 4.39 Å². The molecule has 0 bridgehead atoms. The highest BCUT2D eigenvalue weighted by Crippen LogP contribution is 2.19. The van der Waals surface area contributed by atoms with E-state index in [2.05, 4.69) is 5.32 Å². The fourth-order valence-corrected chi connectivity index (χ4v) is 2.78. The molecule has 8 heteroatoms. The smallest absolute Gasteiger partial charge is 0.308 e. The summed E-state index contributed by atoms with van der Waals surface area (Å²) in [6, 6.07) is 11.9. The van der Waals surface area contributed by atoms with E-state index in [1.165, 1.54) is 24.3 Å². The molecular weight excluding hydrogens is 367 g/mol. The zero-order chi connectivity index (χ0) is 20.1. The standard InChI is InChI=1S/C20H17FN2O5/c21-14-5-7-15(8-6-14)22-17(24)12-28-19(26)9-10-23-18(25)11-13-3-1-2-4-16(13)20(23)27/h1-8H,9-12H2,(H,22,24). The number of benzene rings is 2. The van der Waals surface area contributed by atoms with E-state index < -0.39 is 30.2 Å². The molecule has 28 heavy (non-hydrogen) atoms. The maximum Gasteiger partial charge on any atom is 0.308 e. The van der Waals surface area contributed by atoms with Crippen LogP contribution in [0, 0.1) is 5.82 Å². The summed E-state index contributed by atoms with van der Waals surface area (Å²) >= 11 is 0. The Morgan fingerprint density at radius 1 is 1.07 bits per heavy atom. The third kappa shape index (κ3) is 4.59. The van der Waals surface area contributed by atoms with Crippen LogP contribution < -0.4 is 5.32 Å². The molecule has 0 aromatic heterocycles. The molecule has 3 amide bonds. The Balaban J connectivity index is 1.46. The molecule has 0 spiro atoms. The average molecular weight is 384 g/mol. The van der Waals surface area contributed by atoms with Gasteiger partial charge in [0.05, 0.1) is 12.8 Å². The average Bonchev–Trinajstić information content (AvgIpc) is 2.68. The van der Waals surface area contributed by atoms with E-state index in [1.807, 2.05) is 0 Å². The van der Waals surface area contributed by atoms with Gasteiger partial charge in [0.25, 0.3) is 11.8 Å². The largest absolute Gasteiger partial charge is 0.456 e. The van der Waals surface area contributed by atoms with Crippen molar-refractivity contribution in [3.05, 3.63) is 65.5 Å². The van der Waals surface area contributed by atoms with Gasteiger partial charge >= 0.3 is 5.97 Å². The number of nitrogens with one attached hydrogen (secondary N) is 1. The van der Waals surface area contributed by atoms with Crippen LogP contribution in [0.4, 0.5) is 10.1 Å². The second kappa shape index (κ2) is 8.43. The van der Waals surface area contributed by atoms with E-state index in [-0.39, 0.29) is 25.3 Å². The molecule has 1 N–H and O–H groups in total. The third-order valence-corrected chi connectivity index (χ3v) is 4.17. The fraction of sp³-hybridized carbons (Fsp3) is 0.200. The van der Waals surface area contributed by atoms with E-state index >= 15 is 0 Å². The summed E-state index contributed by atoms with van der Waals surface area (Å²) in [6.45, 7) is -0.647. The first kappa shape index (κ1) is 19.2. The minimum absolute atomic E-state index is 0.0943. The number of hydrogen-bond donors (Lipinski definition) is 1. The van der Waals surface area contributed by atoms with Gasteiger partial charge in [0.15, 0.2) is 6.61 Å². The van der Waals surface area contributed by atoms with Gasteiger partial charge in [0.2, 0.25) is 5.91 Å². The monoisotopic (exact) mass is 384 g/mol. The zero-order valence-corrected chi connectivity index (χ0v) is 14.8. The van der Waals surface area contributed by atoms with Crippen LogP contribution in [0.15, 0.2) is 48.5 Å². The molecule has 3 rings (SSSR count). The molecule has 1 aliphatic heterocycles. The lowest BCUT2D eigenvalue weighted by molar-refractivity contribution is -0.147. The van der Waals surface area contributed by atoms with Crippen molar-refractivity contribution in [3.8, 4) is 0 Å². The molecular formula is C20H17FN2O5. The highest BCUT2D eigenvalue weighted by Gasteiger charge is 2.30. The van der Waals surface area contributed by atoms with E-state index in [4.69, 9.17) is 4.74 Å². The van der Waals surface area contributed by atoms with Gasteiger partial charge in [0.1, 0.15) is 5.82 Å². The Bertz CT molecular complexity index is 926. The summed E-state index contributed by atoms with van der Waals surface area (Å²) in [5, 5.41) is 2.45. The quantitative estimate of drug-likeness (QED) is 0.607. The summed E-state index contributed by atoms with van der Waals surface area (Å²) in [5.74, 6) is -2.57. The van der Waals surface area contributed by atoms with E-state index in [9.17, 15) is 23.6 Å². The Labute approximate surface area is 160 Å². The summed E-state index contributed by atoms with van der Waals surface area (Å²) < 4.78 is 17.7. The van der Waals surface area contributed by atoms with Crippen molar-refractivity contribution < 1.29 is 28.3 Å². The van der Waals surface area contributed by atoms with Crippen LogP contribution in [0.5, 0.6) is 0 Å². The highest BCUT2D eigenvalue weighted by molar-refractivity contribution is 6.09. The lowest BCUT2D eigenvalue weighted by Gasteiger charge is -2.26. The zero-order valence-electron chi connectivity index (χ0n) is 14.8. The molecule has 0 saturated heterocycles. The van der Waals surface area contributed by atoms with Crippen LogP contribution in [-0.2, 0) is 25.5 Å². The number of rotatable bonds is 6. The van der Waals surface area contributed by atoms with E-state index in [0.717, 1.165) is 4.90 Å². The predicted molar refractivity (Wildman–Crippen MR) is 96.8 cm³/mol. The van der Waals surface area contributed by atoms with Crippen LogP contribution in [0.3, 0.4) is 0 Å². The molecule has 2 aromatic carbocycles. The Kier molecular flexibility index (Phi) is 5.78. The highest BCUT2D eigenvalue weighted by atomic mass is 19.1.